The van der Waals surface area contributed by atoms with E-state index >= 15 is 0 Å². The van der Waals surface area contributed by atoms with Crippen LogP contribution >= 0.6 is 0 Å². The lowest BCUT2D eigenvalue weighted by Crippen LogP contribution is -2.27. The summed E-state index contributed by atoms with van der Waals surface area (Å²) >= 11 is 0. The second-order valence-corrected chi connectivity index (χ2v) is 5.11. The number of aromatic nitrogens is 2. The second-order valence-electron chi connectivity index (χ2n) is 5.11. The summed E-state index contributed by atoms with van der Waals surface area (Å²) < 4.78 is 0. The summed E-state index contributed by atoms with van der Waals surface area (Å²) in [6, 6.07) is 0. The molecular weight excluding hydrogens is 224 g/mol. The van der Waals surface area contributed by atoms with Gasteiger partial charge in [-0.3, -0.25) is 0 Å². The van der Waals surface area contributed by atoms with Gasteiger partial charge in [0.1, 0.15) is 0 Å². The molecule has 0 saturated carbocycles. The van der Waals surface area contributed by atoms with Gasteiger partial charge in [0.25, 0.3) is 0 Å². The van der Waals surface area contributed by atoms with E-state index in [0.29, 0.717) is 12.5 Å². The Balaban J connectivity index is 3.20. The molecular formula is C14H26N4. The van der Waals surface area contributed by atoms with Crippen LogP contribution in [0, 0.1) is 5.92 Å². The number of aryl methyl sites for hydroxylation is 1. The highest BCUT2D eigenvalue weighted by molar-refractivity contribution is 5.50. The normalized spacial score (nSPS) is 11.1. The van der Waals surface area contributed by atoms with Crippen molar-refractivity contribution in [2.75, 3.05) is 18.5 Å². The molecule has 0 spiro atoms. The smallest absolute Gasteiger partial charge is 0.155 e. The van der Waals surface area contributed by atoms with Crippen molar-refractivity contribution >= 4 is 5.82 Å². The highest BCUT2D eigenvalue weighted by Crippen LogP contribution is 2.23. The zero-order chi connectivity index (χ0) is 13.7. The van der Waals surface area contributed by atoms with E-state index in [1.807, 2.05) is 0 Å². The summed E-state index contributed by atoms with van der Waals surface area (Å²) in [5.74, 6) is 1.54. The minimum absolute atomic E-state index is 0.531. The third-order valence-electron chi connectivity index (χ3n) is 3.14. The molecule has 0 bridgehead atoms. The molecule has 18 heavy (non-hydrogen) atoms. The first kappa shape index (κ1) is 14.9. The monoisotopic (exact) mass is 250 g/mol. The fourth-order valence-corrected chi connectivity index (χ4v) is 2.39. The fraction of sp³-hybridized carbons (Fsp3) is 0.714. The maximum atomic E-state index is 5.92. The van der Waals surface area contributed by atoms with Crippen molar-refractivity contribution in [3.63, 3.8) is 0 Å². The molecule has 102 valence electrons. The van der Waals surface area contributed by atoms with E-state index < -0.39 is 0 Å². The van der Waals surface area contributed by atoms with E-state index in [1.165, 1.54) is 5.56 Å². The van der Waals surface area contributed by atoms with Crippen molar-refractivity contribution in [2.24, 2.45) is 11.7 Å². The lowest BCUT2D eigenvalue weighted by atomic mass is 10.0. The van der Waals surface area contributed by atoms with Gasteiger partial charge in [-0.2, -0.15) is 5.10 Å². The van der Waals surface area contributed by atoms with Crippen LogP contribution in [0.1, 0.15) is 44.5 Å². The van der Waals surface area contributed by atoms with Gasteiger partial charge in [0, 0.05) is 25.7 Å². The first-order valence-electron chi connectivity index (χ1n) is 6.83. The molecule has 0 amide bonds. The lowest BCUT2D eigenvalue weighted by molar-refractivity contribution is 0.628. The zero-order valence-corrected chi connectivity index (χ0v) is 12.3. The van der Waals surface area contributed by atoms with E-state index in [9.17, 15) is 0 Å². The van der Waals surface area contributed by atoms with Crippen LogP contribution in [0.5, 0.6) is 0 Å². The maximum Gasteiger partial charge on any atom is 0.155 e. The number of rotatable bonds is 6. The van der Waals surface area contributed by atoms with Gasteiger partial charge in [0.05, 0.1) is 5.69 Å². The van der Waals surface area contributed by atoms with Crippen LogP contribution in [-0.2, 0) is 19.4 Å². The molecule has 0 fully saturated rings. The van der Waals surface area contributed by atoms with Gasteiger partial charge in [0.15, 0.2) is 5.82 Å². The highest BCUT2D eigenvalue weighted by Gasteiger charge is 2.16. The Morgan fingerprint density at radius 3 is 2.22 bits per heavy atom. The summed E-state index contributed by atoms with van der Waals surface area (Å²) in [5, 5.41) is 8.74. The molecule has 4 nitrogen and oxygen atoms in total. The van der Waals surface area contributed by atoms with E-state index in [2.05, 4.69) is 49.8 Å². The van der Waals surface area contributed by atoms with Gasteiger partial charge in [-0.25, -0.2) is 0 Å². The summed E-state index contributed by atoms with van der Waals surface area (Å²) in [7, 11) is 2.06. The largest absolute Gasteiger partial charge is 0.358 e. The summed E-state index contributed by atoms with van der Waals surface area (Å²) in [6.07, 6.45) is 1.88. The molecule has 0 saturated heterocycles. The molecule has 0 radical (unpaired) electrons. The average molecular weight is 250 g/mol. The third-order valence-corrected chi connectivity index (χ3v) is 3.14. The predicted octanol–water partition coefficient (Wildman–Crippen LogP) is 2.15. The lowest BCUT2D eigenvalue weighted by Gasteiger charge is -2.24. The van der Waals surface area contributed by atoms with Gasteiger partial charge >= 0.3 is 0 Å². The van der Waals surface area contributed by atoms with Crippen LogP contribution in [0.4, 0.5) is 5.82 Å². The van der Waals surface area contributed by atoms with Crippen molar-refractivity contribution in [3.05, 3.63) is 16.8 Å². The van der Waals surface area contributed by atoms with Crippen molar-refractivity contribution in [2.45, 2.75) is 47.1 Å². The molecule has 2 N–H and O–H groups in total. The van der Waals surface area contributed by atoms with Gasteiger partial charge in [-0.15, -0.1) is 5.10 Å². The molecule has 1 heterocycles. The average Bonchev–Trinajstić information content (AvgIpc) is 2.35. The second kappa shape index (κ2) is 6.69. The van der Waals surface area contributed by atoms with Gasteiger partial charge < -0.3 is 10.6 Å². The molecule has 0 aliphatic rings. The maximum absolute atomic E-state index is 5.92. The molecule has 0 aromatic carbocycles. The number of hydrogen-bond donors (Lipinski definition) is 1. The van der Waals surface area contributed by atoms with Gasteiger partial charge in [-0.1, -0.05) is 27.7 Å². The van der Waals surface area contributed by atoms with E-state index in [1.54, 1.807) is 0 Å². The Morgan fingerprint density at radius 1 is 1.11 bits per heavy atom. The van der Waals surface area contributed by atoms with E-state index in [-0.39, 0.29) is 0 Å². The van der Waals surface area contributed by atoms with Crippen LogP contribution in [-0.4, -0.2) is 23.8 Å². The van der Waals surface area contributed by atoms with Crippen LogP contribution in [0.15, 0.2) is 0 Å². The third kappa shape index (κ3) is 3.19. The number of nitrogens with zero attached hydrogens (tertiary/aromatic N) is 3. The van der Waals surface area contributed by atoms with Crippen LogP contribution in [0.25, 0.3) is 0 Å². The van der Waals surface area contributed by atoms with Crippen molar-refractivity contribution < 1.29 is 0 Å². The number of nitrogens with two attached hydrogens (primary N) is 1. The zero-order valence-electron chi connectivity index (χ0n) is 12.3. The first-order valence-corrected chi connectivity index (χ1v) is 6.83. The summed E-state index contributed by atoms with van der Waals surface area (Å²) in [6.45, 7) is 10.2. The van der Waals surface area contributed by atoms with Crippen LogP contribution < -0.4 is 10.6 Å². The molecule has 1 aromatic heterocycles. The standard InChI is InChI=1S/C14H26N4/c1-6-11-12(8-15)14(17-16-13(11)7-2)18(5)9-10(3)4/h10H,6-9,15H2,1-5H3. The van der Waals surface area contributed by atoms with Gasteiger partial charge in [0.2, 0.25) is 0 Å². The first-order chi connectivity index (χ1) is 8.54. The van der Waals surface area contributed by atoms with Crippen molar-refractivity contribution in [1.82, 2.24) is 10.2 Å². The van der Waals surface area contributed by atoms with Crippen LogP contribution in [0.2, 0.25) is 0 Å². The van der Waals surface area contributed by atoms with E-state index in [4.69, 9.17) is 5.73 Å². The minimum atomic E-state index is 0.531. The Morgan fingerprint density at radius 2 is 1.78 bits per heavy atom. The minimum Gasteiger partial charge on any atom is -0.358 e. The van der Waals surface area contributed by atoms with Gasteiger partial charge in [-0.05, 0) is 24.3 Å². The Hall–Kier alpha value is -1.16. The molecule has 4 heteroatoms. The number of hydrogen-bond acceptors (Lipinski definition) is 4. The van der Waals surface area contributed by atoms with Crippen molar-refractivity contribution in [1.29, 1.82) is 0 Å². The Bertz CT molecular complexity index is 388. The summed E-state index contributed by atoms with van der Waals surface area (Å²) in [4.78, 5) is 2.17. The topological polar surface area (TPSA) is 55.0 Å². The van der Waals surface area contributed by atoms with Crippen LogP contribution in [0.3, 0.4) is 0 Å². The molecule has 1 aromatic rings. The molecule has 0 aliphatic carbocycles. The highest BCUT2D eigenvalue weighted by atomic mass is 15.3. The molecule has 0 unspecified atom stereocenters. The fourth-order valence-electron chi connectivity index (χ4n) is 2.39. The van der Waals surface area contributed by atoms with Crippen molar-refractivity contribution in [3.8, 4) is 0 Å². The Kier molecular flexibility index (Phi) is 5.54. The Labute approximate surface area is 111 Å². The molecule has 0 atom stereocenters. The SMILES string of the molecule is CCc1nnc(N(C)CC(C)C)c(CN)c1CC. The summed E-state index contributed by atoms with van der Waals surface area (Å²) in [5.41, 5.74) is 9.45. The molecule has 1 rings (SSSR count). The predicted molar refractivity (Wildman–Crippen MR) is 76.8 cm³/mol. The number of anilines is 1. The quantitative estimate of drug-likeness (QED) is 0.840. The molecule has 0 aliphatic heterocycles. The van der Waals surface area contributed by atoms with E-state index in [0.717, 1.165) is 36.5 Å².